The number of methoxy groups -OCH3 is 1. The van der Waals surface area contributed by atoms with Crippen LogP contribution in [0.5, 0.6) is 5.75 Å². The number of halogens is 1. The number of nitrogens with zero attached hydrogens (tertiary/aromatic N) is 2. The van der Waals surface area contributed by atoms with Gasteiger partial charge in [-0.3, -0.25) is 4.68 Å². The van der Waals surface area contributed by atoms with Crippen molar-refractivity contribution in [1.29, 1.82) is 0 Å². The quantitative estimate of drug-likeness (QED) is 0.721. The van der Waals surface area contributed by atoms with E-state index < -0.39 is 0 Å². The molecule has 0 bridgehead atoms. The van der Waals surface area contributed by atoms with Gasteiger partial charge < -0.3 is 9.47 Å². The Bertz CT molecular complexity index is 783. The van der Waals surface area contributed by atoms with Crippen molar-refractivity contribution in [3.05, 3.63) is 33.4 Å². The van der Waals surface area contributed by atoms with E-state index in [1.807, 2.05) is 11.6 Å². The molecule has 0 unspecified atom stereocenters. The Hall–Kier alpha value is -1.82. The van der Waals surface area contributed by atoms with E-state index in [2.05, 4.69) is 40.1 Å². The van der Waals surface area contributed by atoms with E-state index in [1.165, 1.54) is 5.56 Å². The van der Waals surface area contributed by atoms with Crippen molar-refractivity contribution in [2.24, 2.45) is 0 Å². The largest absolute Gasteiger partial charge is 0.496 e. The molecular formula is C18H21BrN2O3. The highest BCUT2D eigenvalue weighted by atomic mass is 79.9. The molecule has 3 rings (SSSR count). The van der Waals surface area contributed by atoms with Crippen LogP contribution >= 0.6 is 15.9 Å². The summed E-state index contributed by atoms with van der Waals surface area (Å²) < 4.78 is 13.4. The van der Waals surface area contributed by atoms with Crippen LogP contribution in [-0.2, 0) is 24.1 Å². The zero-order valence-corrected chi connectivity index (χ0v) is 15.8. The van der Waals surface area contributed by atoms with E-state index in [0.29, 0.717) is 12.3 Å². The first kappa shape index (κ1) is 17.0. The van der Waals surface area contributed by atoms with Crippen molar-refractivity contribution < 1.29 is 14.3 Å². The molecule has 1 aromatic carbocycles. The summed E-state index contributed by atoms with van der Waals surface area (Å²) in [6.45, 7) is 5.04. The Morgan fingerprint density at radius 1 is 1.33 bits per heavy atom. The molecule has 0 aliphatic heterocycles. The second kappa shape index (κ2) is 6.97. The summed E-state index contributed by atoms with van der Waals surface area (Å²) in [6.07, 6.45) is 2.59. The van der Waals surface area contributed by atoms with E-state index >= 15 is 0 Å². The van der Waals surface area contributed by atoms with Crippen LogP contribution < -0.4 is 4.74 Å². The number of benzene rings is 1. The van der Waals surface area contributed by atoms with Gasteiger partial charge in [-0.1, -0.05) is 6.92 Å². The normalized spacial score (nSPS) is 12.5. The Morgan fingerprint density at radius 3 is 2.79 bits per heavy atom. The Morgan fingerprint density at radius 2 is 2.12 bits per heavy atom. The Kier molecular flexibility index (Phi) is 4.94. The van der Waals surface area contributed by atoms with Gasteiger partial charge in [-0.05, 0) is 59.8 Å². The summed E-state index contributed by atoms with van der Waals surface area (Å²) in [6, 6.07) is 4.13. The van der Waals surface area contributed by atoms with Gasteiger partial charge in [-0.2, -0.15) is 5.10 Å². The topological polar surface area (TPSA) is 53.4 Å². The van der Waals surface area contributed by atoms with Crippen molar-refractivity contribution in [2.75, 3.05) is 13.7 Å². The SMILES string of the molecule is CCCn1nc(C(=O)OCC)c2c1-c1cc(Br)c(OC)cc1CC2. The highest BCUT2D eigenvalue weighted by Gasteiger charge is 2.29. The molecule has 6 heteroatoms. The summed E-state index contributed by atoms with van der Waals surface area (Å²) >= 11 is 3.57. The number of aromatic nitrogens is 2. The fourth-order valence-corrected chi connectivity index (χ4v) is 3.72. The van der Waals surface area contributed by atoms with Gasteiger partial charge in [-0.15, -0.1) is 0 Å². The van der Waals surface area contributed by atoms with Gasteiger partial charge in [0.2, 0.25) is 0 Å². The minimum atomic E-state index is -0.334. The summed E-state index contributed by atoms with van der Waals surface area (Å²) in [5, 5.41) is 4.57. The van der Waals surface area contributed by atoms with Crippen molar-refractivity contribution in [3.8, 4) is 17.0 Å². The van der Waals surface area contributed by atoms with E-state index in [4.69, 9.17) is 9.47 Å². The molecule has 1 heterocycles. The number of esters is 1. The molecule has 0 atom stereocenters. The van der Waals surface area contributed by atoms with Gasteiger partial charge in [0.05, 0.1) is 23.9 Å². The fraction of sp³-hybridized carbons (Fsp3) is 0.444. The lowest BCUT2D eigenvalue weighted by molar-refractivity contribution is 0.0517. The highest BCUT2D eigenvalue weighted by molar-refractivity contribution is 9.10. The van der Waals surface area contributed by atoms with Crippen LogP contribution in [0.25, 0.3) is 11.3 Å². The molecule has 24 heavy (non-hydrogen) atoms. The van der Waals surface area contributed by atoms with Crippen molar-refractivity contribution >= 4 is 21.9 Å². The van der Waals surface area contributed by atoms with Gasteiger partial charge in [0, 0.05) is 17.7 Å². The number of hydrogen-bond donors (Lipinski definition) is 0. The number of fused-ring (bicyclic) bond motifs is 3. The molecule has 0 N–H and O–H groups in total. The molecule has 2 aromatic rings. The monoisotopic (exact) mass is 392 g/mol. The lowest BCUT2D eigenvalue weighted by Gasteiger charge is -2.20. The van der Waals surface area contributed by atoms with Crippen molar-refractivity contribution in [1.82, 2.24) is 9.78 Å². The second-order valence-corrected chi connectivity index (χ2v) is 6.62. The zero-order chi connectivity index (χ0) is 17.3. The molecule has 5 nitrogen and oxygen atoms in total. The molecule has 128 valence electrons. The number of carbonyl (C=O) groups is 1. The number of ether oxygens (including phenoxy) is 2. The Labute approximate surface area is 150 Å². The Balaban J connectivity index is 2.18. The minimum Gasteiger partial charge on any atom is -0.496 e. The average Bonchev–Trinajstić information content (AvgIpc) is 2.94. The predicted molar refractivity (Wildman–Crippen MR) is 95.6 cm³/mol. The lowest BCUT2D eigenvalue weighted by Crippen LogP contribution is -2.11. The molecule has 0 spiro atoms. The first-order chi connectivity index (χ1) is 11.6. The van der Waals surface area contributed by atoms with Crippen LogP contribution in [-0.4, -0.2) is 29.5 Å². The summed E-state index contributed by atoms with van der Waals surface area (Å²) in [5.41, 5.74) is 4.81. The third-order valence-corrected chi connectivity index (χ3v) is 4.85. The summed E-state index contributed by atoms with van der Waals surface area (Å²) in [4.78, 5) is 12.3. The van der Waals surface area contributed by atoms with E-state index in [-0.39, 0.29) is 5.97 Å². The second-order valence-electron chi connectivity index (χ2n) is 5.76. The third-order valence-electron chi connectivity index (χ3n) is 4.23. The molecule has 0 saturated carbocycles. The third kappa shape index (κ3) is 2.83. The number of aryl methyl sites for hydroxylation is 2. The standard InChI is InChI=1S/C18H21BrN2O3/c1-4-8-21-17-12(16(20-21)18(22)24-5-2)7-6-11-9-15(23-3)14(19)10-13(11)17/h9-10H,4-8H2,1-3H3. The smallest absolute Gasteiger partial charge is 0.359 e. The maximum Gasteiger partial charge on any atom is 0.359 e. The van der Waals surface area contributed by atoms with Crippen molar-refractivity contribution in [3.63, 3.8) is 0 Å². The number of rotatable bonds is 5. The highest BCUT2D eigenvalue weighted by Crippen LogP contribution is 2.40. The van der Waals surface area contributed by atoms with Crippen LogP contribution in [0.3, 0.4) is 0 Å². The molecule has 0 fully saturated rings. The van der Waals surface area contributed by atoms with Crippen LogP contribution in [0.4, 0.5) is 0 Å². The molecule has 0 amide bonds. The van der Waals surface area contributed by atoms with Crippen LogP contribution in [0.15, 0.2) is 16.6 Å². The lowest BCUT2D eigenvalue weighted by atomic mass is 9.88. The minimum absolute atomic E-state index is 0.334. The maximum atomic E-state index is 12.3. The summed E-state index contributed by atoms with van der Waals surface area (Å²) in [5.74, 6) is 0.490. The first-order valence-corrected chi connectivity index (χ1v) is 9.03. The maximum absolute atomic E-state index is 12.3. The van der Waals surface area contributed by atoms with Crippen LogP contribution in [0.2, 0.25) is 0 Å². The number of carbonyl (C=O) groups excluding carboxylic acids is 1. The van der Waals surface area contributed by atoms with Gasteiger partial charge in [0.1, 0.15) is 5.75 Å². The molecule has 1 aromatic heterocycles. The zero-order valence-electron chi connectivity index (χ0n) is 14.2. The van der Waals surface area contributed by atoms with Crippen LogP contribution in [0, 0.1) is 0 Å². The molecule has 0 saturated heterocycles. The summed E-state index contributed by atoms with van der Waals surface area (Å²) in [7, 11) is 1.67. The van der Waals surface area contributed by atoms with Gasteiger partial charge >= 0.3 is 5.97 Å². The molecular weight excluding hydrogens is 372 g/mol. The predicted octanol–water partition coefficient (Wildman–Crippen LogP) is 4.01. The average molecular weight is 393 g/mol. The van der Waals surface area contributed by atoms with Crippen molar-refractivity contribution in [2.45, 2.75) is 39.7 Å². The van der Waals surface area contributed by atoms with Gasteiger partial charge in [-0.25, -0.2) is 4.79 Å². The van der Waals surface area contributed by atoms with E-state index in [0.717, 1.165) is 52.9 Å². The molecule has 1 aliphatic rings. The van der Waals surface area contributed by atoms with E-state index in [1.54, 1.807) is 7.11 Å². The molecule has 1 aliphatic carbocycles. The fourth-order valence-electron chi connectivity index (χ4n) is 3.21. The van der Waals surface area contributed by atoms with Gasteiger partial charge in [0.25, 0.3) is 0 Å². The van der Waals surface area contributed by atoms with Crippen LogP contribution in [0.1, 0.15) is 41.9 Å². The molecule has 0 radical (unpaired) electrons. The first-order valence-electron chi connectivity index (χ1n) is 8.24. The van der Waals surface area contributed by atoms with Gasteiger partial charge in [0.15, 0.2) is 5.69 Å². The number of hydrogen-bond acceptors (Lipinski definition) is 4. The van der Waals surface area contributed by atoms with E-state index in [9.17, 15) is 4.79 Å².